The Morgan fingerprint density at radius 3 is 2.11 bits per heavy atom. The molecule has 180 valence electrons. The number of rotatable bonds is 7. The number of hydrogen-bond donors (Lipinski definition) is 1. The largest absolute Gasteiger partial charge is 0.368 e. The van der Waals surface area contributed by atoms with Gasteiger partial charge in [0.2, 0.25) is 0 Å². The standard InChI is InChI=1S/C25H24N4O5S/c30-25(28-17-15-27(16-18-28)23-10-12-24(13-11-23)29(31)32)21-6-8-22(9-7-21)26-35(33,34)19-14-20-4-2-1-3-5-20/h1-14,19,26H,15-18H2/b19-14+. The van der Waals surface area contributed by atoms with Crippen LogP contribution in [0.2, 0.25) is 0 Å². The van der Waals surface area contributed by atoms with Gasteiger partial charge in [0.1, 0.15) is 0 Å². The molecule has 1 amide bonds. The SMILES string of the molecule is O=C(c1ccc(NS(=O)(=O)/C=C/c2ccccc2)cc1)N1CCN(c2ccc([N+](=O)[O-])cc2)CC1. The van der Waals surface area contributed by atoms with Crippen LogP contribution in [0.3, 0.4) is 0 Å². The third kappa shape index (κ3) is 6.24. The predicted octanol–water partition coefficient (Wildman–Crippen LogP) is 3.97. The highest BCUT2D eigenvalue weighted by Crippen LogP contribution is 2.21. The van der Waals surface area contributed by atoms with Gasteiger partial charge in [-0.25, -0.2) is 8.42 Å². The first-order valence-electron chi connectivity index (χ1n) is 11.0. The van der Waals surface area contributed by atoms with Crippen molar-refractivity contribution in [3.63, 3.8) is 0 Å². The minimum Gasteiger partial charge on any atom is -0.368 e. The van der Waals surface area contributed by atoms with Crippen molar-refractivity contribution in [1.82, 2.24) is 4.90 Å². The quantitative estimate of drug-likeness (QED) is 0.394. The molecule has 1 heterocycles. The molecule has 0 radical (unpaired) electrons. The first-order chi connectivity index (χ1) is 16.8. The van der Waals surface area contributed by atoms with E-state index in [4.69, 9.17) is 0 Å². The summed E-state index contributed by atoms with van der Waals surface area (Å²) in [5.41, 5.74) is 2.52. The van der Waals surface area contributed by atoms with Gasteiger partial charge < -0.3 is 9.80 Å². The second-order valence-corrected chi connectivity index (χ2v) is 9.56. The molecule has 10 heteroatoms. The Bertz CT molecular complexity index is 1320. The van der Waals surface area contributed by atoms with Crippen LogP contribution in [0.4, 0.5) is 17.1 Å². The van der Waals surface area contributed by atoms with Crippen LogP contribution in [0.15, 0.2) is 84.3 Å². The van der Waals surface area contributed by atoms with Crippen LogP contribution in [0.1, 0.15) is 15.9 Å². The molecule has 0 aliphatic carbocycles. The van der Waals surface area contributed by atoms with Crippen LogP contribution in [-0.2, 0) is 10.0 Å². The summed E-state index contributed by atoms with van der Waals surface area (Å²) in [6.45, 7) is 2.23. The van der Waals surface area contributed by atoms with Crippen LogP contribution in [0.25, 0.3) is 6.08 Å². The normalized spacial score (nSPS) is 14.2. The van der Waals surface area contributed by atoms with E-state index in [0.29, 0.717) is 37.4 Å². The van der Waals surface area contributed by atoms with Crippen molar-refractivity contribution in [2.75, 3.05) is 35.8 Å². The summed E-state index contributed by atoms with van der Waals surface area (Å²) in [6.07, 6.45) is 1.51. The molecule has 0 spiro atoms. The van der Waals surface area contributed by atoms with E-state index < -0.39 is 14.9 Å². The molecule has 35 heavy (non-hydrogen) atoms. The topological polar surface area (TPSA) is 113 Å². The number of carbonyl (C=O) groups is 1. The Morgan fingerprint density at radius 2 is 1.51 bits per heavy atom. The van der Waals surface area contributed by atoms with E-state index in [-0.39, 0.29) is 11.6 Å². The number of sulfonamides is 1. The number of amides is 1. The molecule has 1 aliphatic heterocycles. The fraction of sp³-hybridized carbons (Fsp3) is 0.160. The Hall–Kier alpha value is -4.18. The minimum absolute atomic E-state index is 0.0421. The third-order valence-corrected chi connectivity index (χ3v) is 6.64. The number of carbonyl (C=O) groups excluding carboxylic acids is 1. The van der Waals surface area contributed by atoms with Crippen LogP contribution in [0.5, 0.6) is 0 Å². The van der Waals surface area contributed by atoms with Gasteiger partial charge in [0.25, 0.3) is 21.6 Å². The molecule has 1 saturated heterocycles. The molecule has 9 nitrogen and oxygen atoms in total. The molecule has 0 atom stereocenters. The van der Waals surface area contributed by atoms with Crippen molar-refractivity contribution in [2.24, 2.45) is 0 Å². The fourth-order valence-corrected chi connectivity index (χ4v) is 4.62. The summed E-state index contributed by atoms with van der Waals surface area (Å²) >= 11 is 0. The zero-order valence-corrected chi connectivity index (χ0v) is 19.6. The molecular formula is C25H24N4O5S. The zero-order valence-electron chi connectivity index (χ0n) is 18.8. The Labute approximate surface area is 203 Å². The second-order valence-electron chi connectivity index (χ2n) is 7.99. The molecule has 0 unspecified atom stereocenters. The van der Waals surface area contributed by atoms with E-state index in [2.05, 4.69) is 9.62 Å². The van der Waals surface area contributed by atoms with Crippen molar-refractivity contribution in [3.05, 3.63) is 106 Å². The van der Waals surface area contributed by atoms with Crippen molar-refractivity contribution in [2.45, 2.75) is 0 Å². The van der Waals surface area contributed by atoms with Gasteiger partial charge in [0, 0.05) is 55.2 Å². The van der Waals surface area contributed by atoms with Gasteiger partial charge in [-0.05, 0) is 48.0 Å². The molecular weight excluding hydrogens is 468 g/mol. The van der Waals surface area contributed by atoms with Gasteiger partial charge >= 0.3 is 0 Å². The van der Waals surface area contributed by atoms with Gasteiger partial charge in [-0.1, -0.05) is 30.3 Å². The Morgan fingerprint density at radius 1 is 0.886 bits per heavy atom. The molecule has 0 saturated carbocycles. The first-order valence-corrected chi connectivity index (χ1v) is 12.5. The Balaban J connectivity index is 1.32. The maximum Gasteiger partial charge on any atom is 0.269 e. The van der Waals surface area contributed by atoms with Crippen molar-refractivity contribution in [1.29, 1.82) is 0 Å². The molecule has 1 N–H and O–H groups in total. The number of piperazine rings is 1. The highest BCUT2D eigenvalue weighted by molar-refractivity contribution is 7.95. The van der Waals surface area contributed by atoms with E-state index in [9.17, 15) is 23.3 Å². The number of nitrogens with one attached hydrogen (secondary N) is 1. The van der Waals surface area contributed by atoms with Crippen LogP contribution in [-0.4, -0.2) is 50.3 Å². The van der Waals surface area contributed by atoms with E-state index in [1.54, 1.807) is 53.4 Å². The summed E-state index contributed by atoms with van der Waals surface area (Å²) in [6, 6.07) is 21.8. The van der Waals surface area contributed by atoms with Gasteiger partial charge in [-0.3, -0.25) is 19.6 Å². The Kier molecular flexibility index (Phi) is 7.11. The monoisotopic (exact) mass is 492 g/mol. The van der Waals surface area contributed by atoms with Gasteiger partial charge in [0.15, 0.2) is 0 Å². The fourth-order valence-electron chi connectivity index (χ4n) is 3.75. The number of anilines is 2. The molecule has 0 aromatic heterocycles. The molecule has 3 aromatic rings. The first kappa shape index (κ1) is 24.0. The number of nitro groups is 1. The van der Waals surface area contributed by atoms with Crippen LogP contribution >= 0.6 is 0 Å². The lowest BCUT2D eigenvalue weighted by Gasteiger charge is -2.36. The minimum atomic E-state index is -3.70. The van der Waals surface area contributed by atoms with Crippen LogP contribution < -0.4 is 9.62 Å². The van der Waals surface area contributed by atoms with Gasteiger partial charge in [0.05, 0.1) is 10.3 Å². The molecule has 1 fully saturated rings. The van der Waals surface area contributed by atoms with Crippen molar-refractivity contribution >= 4 is 39.1 Å². The van der Waals surface area contributed by atoms with Gasteiger partial charge in [-0.2, -0.15) is 0 Å². The van der Waals surface area contributed by atoms with E-state index >= 15 is 0 Å². The molecule has 1 aliphatic rings. The maximum absolute atomic E-state index is 12.9. The molecule has 3 aromatic carbocycles. The van der Waals surface area contributed by atoms with Crippen molar-refractivity contribution in [3.8, 4) is 0 Å². The average Bonchev–Trinajstić information content (AvgIpc) is 2.88. The van der Waals surface area contributed by atoms with E-state index in [1.165, 1.54) is 18.2 Å². The summed E-state index contributed by atoms with van der Waals surface area (Å²) in [7, 11) is -3.70. The summed E-state index contributed by atoms with van der Waals surface area (Å²) in [5, 5.41) is 11.9. The second kappa shape index (κ2) is 10.4. The van der Waals surface area contributed by atoms with E-state index in [0.717, 1.165) is 16.7 Å². The predicted molar refractivity (Wildman–Crippen MR) is 136 cm³/mol. The number of non-ortho nitro benzene ring substituents is 1. The maximum atomic E-state index is 12.9. The number of nitro benzene ring substituents is 1. The van der Waals surface area contributed by atoms with Crippen molar-refractivity contribution < 1.29 is 18.1 Å². The number of benzene rings is 3. The summed E-state index contributed by atoms with van der Waals surface area (Å²) < 4.78 is 27.1. The zero-order chi connectivity index (χ0) is 24.8. The lowest BCUT2D eigenvalue weighted by molar-refractivity contribution is -0.384. The lowest BCUT2D eigenvalue weighted by Crippen LogP contribution is -2.48. The number of nitrogens with zero attached hydrogens (tertiary/aromatic N) is 3. The highest BCUT2D eigenvalue weighted by Gasteiger charge is 2.23. The summed E-state index contributed by atoms with van der Waals surface area (Å²) in [4.78, 5) is 27.1. The van der Waals surface area contributed by atoms with Gasteiger partial charge in [-0.15, -0.1) is 0 Å². The molecule has 4 rings (SSSR count). The third-order valence-electron chi connectivity index (χ3n) is 5.62. The highest BCUT2D eigenvalue weighted by atomic mass is 32.2. The number of hydrogen-bond acceptors (Lipinski definition) is 6. The van der Waals surface area contributed by atoms with E-state index in [1.807, 2.05) is 18.2 Å². The molecule has 0 bridgehead atoms. The van der Waals surface area contributed by atoms with Crippen LogP contribution in [0, 0.1) is 10.1 Å². The lowest BCUT2D eigenvalue weighted by atomic mass is 10.1. The summed E-state index contributed by atoms with van der Waals surface area (Å²) in [5.74, 6) is -0.133. The smallest absolute Gasteiger partial charge is 0.269 e. The average molecular weight is 493 g/mol.